The summed E-state index contributed by atoms with van der Waals surface area (Å²) in [6.45, 7) is 9.40. The highest BCUT2D eigenvalue weighted by atomic mass is 16.6. The van der Waals surface area contributed by atoms with Crippen molar-refractivity contribution in [2.75, 3.05) is 92.5 Å². The van der Waals surface area contributed by atoms with E-state index in [1.165, 1.54) is 19.3 Å². The van der Waals surface area contributed by atoms with Crippen LogP contribution in [-0.2, 0) is 38.0 Å². The van der Waals surface area contributed by atoms with Crippen LogP contribution >= 0.6 is 0 Å². The minimum Gasteiger partial charge on any atom is -0.481 e. The summed E-state index contributed by atoms with van der Waals surface area (Å²) >= 11 is 0. The highest BCUT2D eigenvalue weighted by Gasteiger charge is 1.97. The Morgan fingerprint density at radius 2 is 0.833 bits per heavy atom. The first-order chi connectivity index (χ1) is 14.8. The van der Waals surface area contributed by atoms with Crippen molar-refractivity contribution in [3.05, 3.63) is 0 Å². The van der Waals surface area contributed by atoms with Crippen molar-refractivity contribution in [2.24, 2.45) is 0 Å². The van der Waals surface area contributed by atoms with Gasteiger partial charge in [-0.3, -0.25) is 4.79 Å². The molecule has 0 saturated carbocycles. The van der Waals surface area contributed by atoms with Crippen LogP contribution in [0.25, 0.3) is 0 Å². The normalized spacial score (nSPS) is 11.2. The molecule has 0 rings (SSSR count). The molecule has 1 N–H and O–H groups in total. The van der Waals surface area contributed by atoms with Gasteiger partial charge in [0.05, 0.1) is 92.3 Å². The Bertz CT molecular complexity index is 342. The van der Waals surface area contributed by atoms with Gasteiger partial charge in [-0.1, -0.05) is 26.2 Å². The molecule has 9 heteroatoms. The molecule has 0 amide bonds. The summed E-state index contributed by atoms with van der Waals surface area (Å²) in [5.74, 6) is -0.864. The number of carbonyl (C=O) groups is 1. The van der Waals surface area contributed by atoms with E-state index >= 15 is 0 Å². The molecule has 0 aromatic rings. The van der Waals surface area contributed by atoms with Crippen LogP contribution in [0, 0.1) is 0 Å². The van der Waals surface area contributed by atoms with Crippen molar-refractivity contribution < 1.29 is 43.1 Å². The summed E-state index contributed by atoms with van der Waals surface area (Å²) in [7, 11) is 0. The summed E-state index contributed by atoms with van der Waals surface area (Å²) < 4.78 is 37.5. The average molecular weight is 439 g/mol. The van der Waals surface area contributed by atoms with Gasteiger partial charge < -0.3 is 38.3 Å². The predicted molar refractivity (Wildman–Crippen MR) is 112 cm³/mol. The molecule has 0 aliphatic carbocycles. The number of hydrogen-bond acceptors (Lipinski definition) is 8. The van der Waals surface area contributed by atoms with E-state index in [1.807, 2.05) is 0 Å². The zero-order valence-electron chi connectivity index (χ0n) is 18.6. The van der Waals surface area contributed by atoms with Crippen molar-refractivity contribution in [3.63, 3.8) is 0 Å². The quantitative estimate of drug-likeness (QED) is 0.204. The summed E-state index contributed by atoms with van der Waals surface area (Å²) in [5.41, 5.74) is 0. The molecule has 0 aliphatic heterocycles. The smallest absolute Gasteiger partial charge is 0.305 e. The van der Waals surface area contributed by atoms with E-state index in [1.54, 1.807) is 0 Å². The van der Waals surface area contributed by atoms with Crippen molar-refractivity contribution in [1.82, 2.24) is 0 Å². The lowest BCUT2D eigenvalue weighted by Gasteiger charge is -2.08. The Hall–Kier alpha value is -0.810. The number of carboxylic acid groups (broad SMARTS) is 1. The molecule has 0 fully saturated rings. The molecule has 0 unspecified atom stereocenters. The lowest BCUT2D eigenvalue weighted by Crippen LogP contribution is -2.14. The van der Waals surface area contributed by atoms with E-state index in [9.17, 15) is 4.79 Å². The van der Waals surface area contributed by atoms with E-state index in [0.29, 0.717) is 79.3 Å². The number of rotatable bonds is 26. The topological polar surface area (TPSA) is 102 Å². The summed E-state index contributed by atoms with van der Waals surface area (Å²) in [6.07, 6.45) is 4.90. The first kappa shape index (κ1) is 29.2. The molecule has 0 spiro atoms. The van der Waals surface area contributed by atoms with E-state index in [4.69, 9.17) is 38.3 Å². The number of hydrogen-bond donors (Lipinski definition) is 1. The molecule has 0 bridgehead atoms. The van der Waals surface area contributed by atoms with Gasteiger partial charge in [0.2, 0.25) is 0 Å². The predicted octanol–water partition coefficient (Wildman–Crippen LogP) is 2.16. The Morgan fingerprint density at radius 1 is 0.500 bits per heavy atom. The fraction of sp³-hybridized carbons (Fsp3) is 0.952. The van der Waals surface area contributed by atoms with Crippen LogP contribution in [0.4, 0.5) is 0 Å². The molecule has 0 radical (unpaired) electrons. The highest BCUT2D eigenvalue weighted by molar-refractivity contribution is 5.66. The van der Waals surface area contributed by atoms with Crippen molar-refractivity contribution in [2.45, 2.75) is 39.0 Å². The second kappa shape index (κ2) is 26.2. The summed E-state index contributed by atoms with van der Waals surface area (Å²) in [5, 5.41) is 8.44. The molecule has 0 aromatic carbocycles. The zero-order chi connectivity index (χ0) is 22.0. The summed E-state index contributed by atoms with van der Waals surface area (Å²) in [4.78, 5) is 10.3. The van der Waals surface area contributed by atoms with Crippen LogP contribution in [0.5, 0.6) is 0 Å². The molecule has 9 nitrogen and oxygen atoms in total. The monoisotopic (exact) mass is 438 g/mol. The first-order valence-corrected chi connectivity index (χ1v) is 11.0. The molecular weight excluding hydrogens is 396 g/mol. The molecular formula is C21H42O9. The lowest BCUT2D eigenvalue weighted by atomic mass is 10.2. The second-order valence-electron chi connectivity index (χ2n) is 6.49. The minimum atomic E-state index is -0.864. The fourth-order valence-corrected chi connectivity index (χ4v) is 2.21. The van der Waals surface area contributed by atoms with Crippen LogP contribution in [-0.4, -0.2) is 104 Å². The van der Waals surface area contributed by atoms with Gasteiger partial charge in [-0.25, -0.2) is 0 Å². The maximum absolute atomic E-state index is 10.3. The van der Waals surface area contributed by atoms with Crippen LogP contribution < -0.4 is 0 Å². The highest BCUT2D eigenvalue weighted by Crippen LogP contribution is 1.98. The Kier molecular flexibility index (Phi) is 25.5. The van der Waals surface area contributed by atoms with Crippen molar-refractivity contribution >= 4 is 5.97 Å². The largest absolute Gasteiger partial charge is 0.481 e. The van der Waals surface area contributed by atoms with Gasteiger partial charge in [0.1, 0.15) is 0 Å². The third-order valence-electron chi connectivity index (χ3n) is 3.83. The molecule has 30 heavy (non-hydrogen) atoms. The second-order valence-corrected chi connectivity index (χ2v) is 6.49. The molecule has 0 heterocycles. The van der Waals surface area contributed by atoms with E-state index < -0.39 is 5.97 Å². The van der Waals surface area contributed by atoms with Gasteiger partial charge in [-0.05, 0) is 6.42 Å². The van der Waals surface area contributed by atoms with Crippen LogP contribution in [0.3, 0.4) is 0 Å². The molecule has 0 atom stereocenters. The van der Waals surface area contributed by atoms with Crippen LogP contribution in [0.1, 0.15) is 39.0 Å². The fourth-order valence-electron chi connectivity index (χ4n) is 2.21. The SMILES string of the molecule is CCCCCCOCCOCCOCCOCCOCCOCCOCCC(=O)O. The van der Waals surface area contributed by atoms with Gasteiger partial charge in [0.25, 0.3) is 0 Å². The number of unbranched alkanes of at least 4 members (excludes halogenated alkanes) is 3. The Labute approximate surface area is 181 Å². The Morgan fingerprint density at radius 3 is 1.17 bits per heavy atom. The maximum Gasteiger partial charge on any atom is 0.305 e. The third-order valence-corrected chi connectivity index (χ3v) is 3.83. The van der Waals surface area contributed by atoms with E-state index in [-0.39, 0.29) is 13.0 Å². The third kappa shape index (κ3) is 27.2. The number of carboxylic acids is 1. The maximum atomic E-state index is 10.3. The Balaban J connectivity index is 2.99. The minimum absolute atomic E-state index is 0.0106. The number of aliphatic carboxylic acids is 1. The van der Waals surface area contributed by atoms with Gasteiger partial charge in [0, 0.05) is 6.61 Å². The van der Waals surface area contributed by atoms with Crippen molar-refractivity contribution in [3.8, 4) is 0 Å². The van der Waals surface area contributed by atoms with E-state index in [2.05, 4.69) is 6.92 Å². The van der Waals surface area contributed by atoms with Gasteiger partial charge in [-0.15, -0.1) is 0 Å². The summed E-state index contributed by atoms with van der Waals surface area (Å²) in [6, 6.07) is 0. The molecule has 0 saturated heterocycles. The lowest BCUT2D eigenvalue weighted by molar-refractivity contribution is -0.138. The van der Waals surface area contributed by atoms with Gasteiger partial charge >= 0.3 is 5.97 Å². The molecule has 180 valence electrons. The van der Waals surface area contributed by atoms with Gasteiger partial charge in [-0.2, -0.15) is 0 Å². The average Bonchev–Trinajstić information content (AvgIpc) is 2.73. The molecule has 0 aromatic heterocycles. The standard InChI is InChI=1S/C21H42O9/c1-2-3-4-5-7-24-9-11-26-13-15-28-17-19-30-20-18-29-16-14-27-12-10-25-8-6-21(22)23/h2-20H2,1H3,(H,22,23). The van der Waals surface area contributed by atoms with E-state index in [0.717, 1.165) is 13.0 Å². The van der Waals surface area contributed by atoms with Gasteiger partial charge in [0.15, 0.2) is 0 Å². The van der Waals surface area contributed by atoms with Crippen LogP contribution in [0.2, 0.25) is 0 Å². The van der Waals surface area contributed by atoms with Crippen LogP contribution in [0.15, 0.2) is 0 Å². The molecule has 0 aliphatic rings. The number of ether oxygens (including phenoxy) is 7. The first-order valence-electron chi connectivity index (χ1n) is 11.0. The van der Waals surface area contributed by atoms with Crippen molar-refractivity contribution in [1.29, 1.82) is 0 Å². The zero-order valence-corrected chi connectivity index (χ0v) is 18.6.